The molecule has 1 saturated heterocycles. The van der Waals surface area contributed by atoms with Gasteiger partial charge in [-0.2, -0.15) is 0 Å². The molecule has 2 aromatic carbocycles. The minimum absolute atomic E-state index is 0.141. The van der Waals surface area contributed by atoms with Crippen LogP contribution in [0.25, 0.3) is 0 Å². The molecule has 2 heterocycles. The molecule has 0 spiro atoms. The van der Waals surface area contributed by atoms with Crippen molar-refractivity contribution in [3.63, 3.8) is 0 Å². The molecule has 7 heteroatoms. The molecule has 0 saturated carbocycles. The zero-order valence-electron chi connectivity index (χ0n) is 18.8. The molecule has 2 aliphatic heterocycles. The van der Waals surface area contributed by atoms with Crippen LogP contribution in [0, 0.1) is 0 Å². The molecule has 2 aromatic rings. The van der Waals surface area contributed by atoms with E-state index in [1.165, 1.54) is 4.90 Å². The van der Waals surface area contributed by atoms with E-state index in [0.29, 0.717) is 11.3 Å². The van der Waals surface area contributed by atoms with Crippen LogP contribution in [0.3, 0.4) is 0 Å². The SMILES string of the molecule is CCCCCN[C@H]1C(=O)N2C(C(=O)OC(c3ccccc3)c3ccccc3)=C(CO)CS[C@H]12. The molecule has 4 rings (SSSR count). The first-order valence-corrected chi connectivity index (χ1v) is 12.5. The second-order valence-corrected chi connectivity index (χ2v) is 9.37. The molecule has 1 amide bonds. The average Bonchev–Trinajstić information content (AvgIpc) is 2.87. The molecule has 0 aliphatic carbocycles. The number of hydrogen-bond donors (Lipinski definition) is 2. The fourth-order valence-electron chi connectivity index (χ4n) is 4.23. The highest BCUT2D eigenvalue weighted by Crippen LogP contribution is 2.41. The number of fused-ring (bicyclic) bond motifs is 1. The number of carbonyl (C=O) groups excluding carboxylic acids is 2. The van der Waals surface area contributed by atoms with E-state index in [2.05, 4.69) is 12.2 Å². The number of esters is 1. The minimum Gasteiger partial charge on any atom is -0.448 e. The number of aliphatic hydroxyl groups excluding tert-OH is 1. The molecule has 2 aliphatic rings. The van der Waals surface area contributed by atoms with Crippen LogP contribution in [0.1, 0.15) is 43.4 Å². The van der Waals surface area contributed by atoms with Crippen molar-refractivity contribution in [1.82, 2.24) is 10.2 Å². The average molecular weight is 467 g/mol. The van der Waals surface area contributed by atoms with Gasteiger partial charge in [-0.05, 0) is 29.7 Å². The number of thioether (sulfide) groups is 1. The van der Waals surface area contributed by atoms with Crippen molar-refractivity contribution >= 4 is 23.6 Å². The topological polar surface area (TPSA) is 78.9 Å². The van der Waals surface area contributed by atoms with E-state index < -0.39 is 12.1 Å². The largest absolute Gasteiger partial charge is 0.448 e. The Labute approximate surface area is 199 Å². The Hall–Kier alpha value is -2.61. The van der Waals surface area contributed by atoms with Crippen LogP contribution in [0.5, 0.6) is 0 Å². The van der Waals surface area contributed by atoms with Crippen molar-refractivity contribution in [2.75, 3.05) is 18.9 Å². The van der Waals surface area contributed by atoms with Crippen LogP contribution >= 0.6 is 11.8 Å². The summed E-state index contributed by atoms with van der Waals surface area (Å²) in [4.78, 5) is 27.9. The molecule has 1 fully saturated rings. The molecular weight excluding hydrogens is 436 g/mol. The number of amides is 1. The molecule has 174 valence electrons. The third kappa shape index (κ3) is 5.00. The number of ether oxygens (including phenoxy) is 1. The van der Waals surface area contributed by atoms with Crippen LogP contribution in [-0.4, -0.2) is 52.2 Å². The molecule has 33 heavy (non-hydrogen) atoms. The lowest BCUT2D eigenvalue weighted by molar-refractivity contribution is -0.154. The second-order valence-electron chi connectivity index (χ2n) is 8.27. The number of nitrogens with one attached hydrogen (secondary N) is 1. The Morgan fingerprint density at radius 1 is 1.12 bits per heavy atom. The molecule has 0 bridgehead atoms. The van der Waals surface area contributed by atoms with Gasteiger partial charge in [0, 0.05) is 5.75 Å². The normalized spacial score (nSPS) is 20.0. The zero-order chi connectivity index (χ0) is 23.2. The molecule has 0 unspecified atom stereocenters. The number of carbonyl (C=O) groups is 2. The molecule has 2 atom stereocenters. The quantitative estimate of drug-likeness (QED) is 0.316. The summed E-state index contributed by atoms with van der Waals surface area (Å²) in [6, 6.07) is 18.8. The van der Waals surface area contributed by atoms with E-state index in [4.69, 9.17) is 4.74 Å². The monoisotopic (exact) mass is 466 g/mol. The van der Waals surface area contributed by atoms with Crippen LogP contribution in [0.15, 0.2) is 71.9 Å². The van der Waals surface area contributed by atoms with Crippen molar-refractivity contribution in [1.29, 1.82) is 0 Å². The molecule has 6 nitrogen and oxygen atoms in total. The van der Waals surface area contributed by atoms with E-state index in [-0.39, 0.29) is 29.6 Å². The Kier molecular flexibility index (Phi) is 7.85. The van der Waals surface area contributed by atoms with Crippen LogP contribution in [0.4, 0.5) is 0 Å². The van der Waals surface area contributed by atoms with Gasteiger partial charge in [0.15, 0.2) is 6.10 Å². The standard InChI is InChI=1S/C26H30N2O4S/c1-2-3-10-15-27-21-24(30)28-22(20(16-29)17-33-25(21)28)26(31)32-23(18-11-6-4-7-12-18)19-13-8-5-9-14-19/h4-9,11-14,21,23,25,27,29H,2-3,10,15-17H2,1H3/t21-,25+/m0/s1. The van der Waals surface area contributed by atoms with Crippen molar-refractivity contribution in [3.8, 4) is 0 Å². The number of aliphatic hydroxyl groups is 1. The number of nitrogens with zero attached hydrogens (tertiary/aromatic N) is 1. The van der Waals surface area contributed by atoms with Gasteiger partial charge in [0.05, 0.1) is 6.61 Å². The summed E-state index contributed by atoms with van der Waals surface area (Å²) in [5, 5.41) is 13.1. The molecule has 2 N–H and O–H groups in total. The van der Waals surface area contributed by atoms with Gasteiger partial charge in [0.1, 0.15) is 17.1 Å². The maximum atomic E-state index is 13.5. The summed E-state index contributed by atoms with van der Waals surface area (Å²) in [7, 11) is 0. The molecule has 0 aromatic heterocycles. The number of hydrogen-bond acceptors (Lipinski definition) is 6. The lowest BCUT2D eigenvalue weighted by atomic mass is 10.0. The van der Waals surface area contributed by atoms with Gasteiger partial charge in [0.25, 0.3) is 0 Å². The van der Waals surface area contributed by atoms with Crippen molar-refractivity contribution in [2.24, 2.45) is 0 Å². The summed E-state index contributed by atoms with van der Waals surface area (Å²) < 4.78 is 6.01. The Balaban J connectivity index is 1.55. The smallest absolute Gasteiger partial charge is 0.356 e. The highest BCUT2D eigenvalue weighted by Gasteiger charge is 2.53. The van der Waals surface area contributed by atoms with Crippen molar-refractivity contribution in [3.05, 3.63) is 83.1 Å². The van der Waals surface area contributed by atoms with Gasteiger partial charge in [-0.3, -0.25) is 9.69 Å². The van der Waals surface area contributed by atoms with Gasteiger partial charge in [-0.25, -0.2) is 4.79 Å². The molecular formula is C26H30N2O4S. The number of rotatable bonds is 10. The summed E-state index contributed by atoms with van der Waals surface area (Å²) in [5.41, 5.74) is 2.40. The predicted octanol–water partition coefficient (Wildman–Crippen LogP) is 3.63. The van der Waals surface area contributed by atoms with E-state index in [0.717, 1.165) is 36.9 Å². The highest BCUT2D eigenvalue weighted by atomic mass is 32.2. The van der Waals surface area contributed by atoms with Crippen molar-refractivity contribution in [2.45, 2.75) is 43.7 Å². The van der Waals surface area contributed by atoms with Gasteiger partial charge in [-0.1, -0.05) is 80.4 Å². The lowest BCUT2D eigenvalue weighted by Crippen LogP contribution is -2.70. The third-order valence-electron chi connectivity index (χ3n) is 6.01. The number of benzene rings is 2. The molecule has 0 radical (unpaired) electrons. The number of unbranched alkanes of at least 4 members (excludes halogenated alkanes) is 2. The first kappa shape index (κ1) is 23.5. The van der Waals surface area contributed by atoms with E-state index in [1.54, 1.807) is 11.8 Å². The van der Waals surface area contributed by atoms with Crippen molar-refractivity contribution < 1.29 is 19.4 Å². The van der Waals surface area contributed by atoms with Crippen LogP contribution < -0.4 is 5.32 Å². The van der Waals surface area contributed by atoms with E-state index in [9.17, 15) is 14.7 Å². The Morgan fingerprint density at radius 3 is 2.33 bits per heavy atom. The zero-order valence-corrected chi connectivity index (χ0v) is 19.6. The maximum absolute atomic E-state index is 13.5. The first-order valence-electron chi connectivity index (χ1n) is 11.5. The maximum Gasteiger partial charge on any atom is 0.356 e. The summed E-state index contributed by atoms with van der Waals surface area (Å²) in [6.45, 7) is 2.63. The predicted molar refractivity (Wildman–Crippen MR) is 129 cm³/mol. The van der Waals surface area contributed by atoms with Gasteiger partial charge in [-0.15, -0.1) is 11.8 Å². The second kappa shape index (κ2) is 11.0. The van der Waals surface area contributed by atoms with E-state index >= 15 is 0 Å². The Bertz CT molecular complexity index is 956. The third-order valence-corrected chi connectivity index (χ3v) is 7.35. The van der Waals surface area contributed by atoms with Gasteiger partial charge in [0.2, 0.25) is 5.91 Å². The minimum atomic E-state index is -0.611. The lowest BCUT2D eigenvalue weighted by Gasteiger charge is -2.50. The summed E-state index contributed by atoms with van der Waals surface area (Å²) >= 11 is 1.57. The Morgan fingerprint density at radius 2 is 1.76 bits per heavy atom. The fourth-order valence-corrected chi connectivity index (χ4v) is 5.59. The first-order chi connectivity index (χ1) is 16.2. The van der Waals surface area contributed by atoms with Crippen LogP contribution in [0.2, 0.25) is 0 Å². The fraction of sp³-hybridized carbons (Fsp3) is 0.385. The highest BCUT2D eigenvalue weighted by molar-refractivity contribution is 8.00. The summed E-state index contributed by atoms with van der Waals surface area (Å²) in [5.74, 6) is -0.235. The number of β-lactam (4-membered cyclic amide) rings is 1. The summed E-state index contributed by atoms with van der Waals surface area (Å²) in [6.07, 6.45) is 2.63. The van der Waals surface area contributed by atoms with Crippen LogP contribution in [-0.2, 0) is 14.3 Å². The van der Waals surface area contributed by atoms with Gasteiger partial charge >= 0.3 is 5.97 Å². The van der Waals surface area contributed by atoms with E-state index in [1.807, 2.05) is 60.7 Å². The van der Waals surface area contributed by atoms with Gasteiger partial charge < -0.3 is 15.2 Å².